The fourth-order valence-electron chi connectivity index (χ4n) is 4.26. The third kappa shape index (κ3) is 6.30. The Kier molecular flexibility index (Phi) is 8.11. The highest BCUT2D eigenvalue weighted by molar-refractivity contribution is 9.10. The molecule has 1 amide bonds. The average molecular weight is 530 g/mol. The number of rotatable bonds is 9. The average Bonchev–Trinajstić information content (AvgIpc) is 3.13. The number of imidazole rings is 1. The van der Waals surface area contributed by atoms with Gasteiger partial charge in [0.05, 0.1) is 18.2 Å². The minimum Gasteiger partial charge on any atom is -0.489 e. The van der Waals surface area contributed by atoms with Crippen LogP contribution >= 0.6 is 15.9 Å². The monoisotopic (exact) mass is 529 g/mol. The number of benzene rings is 2. The Morgan fingerprint density at radius 2 is 1.88 bits per heavy atom. The lowest BCUT2D eigenvalue weighted by Crippen LogP contribution is -2.37. The quantitative estimate of drug-likeness (QED) is 0.415. The van der Waals surface area contributed by atoms with Crippen molar-refractivity contribution < 1.29 is 19.0 Å². The zero-order valence-corrected chi connectivity index (χ0v) is 21.5. The second-order valence-corrected chi connectivity index (χ2v) is 9.81. The highest BCUT2D eigenvalue weighted by Gasteiger charge is 2.25. The van der Waals surface area contributed by atoms with Gasteiger partial charge in [0, 0.05) is 30.6 Å². The van der Waals surface area contributed by atoms with Crippen molar-refractivity contribution in [2.24, 2.45) is 7.05 Å². The Balaban J connectivity index is 1.34. The number of hydrogen-bond donors (Lipinski definition) is 1. The smallest absolute Gasteiger partial charge is 0.297 e. The molecular formula is C26H32BrN3O4. The number of nitrogens with one attached hydrogen (secondary N) is 1. The van der Waals surface area contributed by atoms with Gasteiger partial charge in [0.1, 0.15) is 24.0 Å². The van der Waals surface area contributed by atoms with Crippen molar-refractivity contribution >= 4 is 32.9 Å². The number of nitrogens with zero attached hydrogens (tertiary/aromatic N) is 2. The van der Waals surface area contributed by atoms with Crippen molar-refractivity contribution in [3.63, 3.8) is 0 Å². The summed E-state index contributed by atoms with van der Waals surface area (Å²) in [5.41, 5.74) is 2.93. The van der Waals surface area contributed by atoms with E-state index in [2.05, 4.69) is 21.2 Å². The lowest BCUT2D eigenvalue weighted by Gasteiger charge is -2.29. The molecule has 1 fully saturated rings. The van der Waals surface area contributed by atoms with Gasteiger partial charge in [-0.3, -0.25) is 9.36 Å². The molecule has 1 aliphatic carbocycles. The maximum atomic E-state index is 11.1. The van der Waals surface area contributed by atoms with E-state index >= 15 is 0 Å². The van der Waals surface area contributed by atoms with Gasteiger partial charge in [-0.25, -0.2) is 0 Å². The van der Waals surface area contributed by atoms with E-state index in [1.54, 1.807) is 0 Å². The highest BCUT2D eigenvalue weighted by atomic mass is 79.9. The topological polar surface area (TPSA) is 74.6 Å². The molecule has 0 saturated heterocycles. The summed E-state index contributed by atoms with van der Waals surface area (Å²) >= 11 is 3.64. The molecular weight excluding hydrogens is 498 g/mol. The van der Waals surface area contributed by atoms with Crippen molar-refractivity contribution in [1.82, 2.24) is 14.9 Å². The van der Waals surface area contributed by atoms with Crippen LogP contribution in [-0.4, -0.2) is 40.3 Å². The second-order valence-electron chi connectivity index (χ2n) is 8.95. The van der Waals surface area contributed by atoms with Gasteiger partial charge in [0.15, 0.2) is 0 Å². The molecule has 3 aromatic rings. The number of fused-ring (bicyclic) bond motifs is 1. The van der Waals surface area contributed by atoms with Crippen molar-refractivity contribution in [2.75, 3.05) is 6.61 Å². The summed E-state index contributed by atoms with van der Waals surface area (Å²) in [4.78, 5) is 15.9. The van der Waals surface area contributed by atoms with E-state index in [-0.39, 0.29) is 24.2 Å². The van der Waals surface area contributed by atoms with E-state index in [1.165, 1.54) is 6.92 Å². The van der Waals surface area contributed by atoms with E-state index in [4.69, 9.17) is 19.2 Å². The third-order valence-corrected chi connectivity index (χ3v) is 6.65. The molecule has 1 N–H and O–H groups in total. The van der Waals surface area contributed by atoms with Gasteiger partial charge in [-0.1, -0.05) is 30.3 Å². The number of carbonyl (C=O) groups is 1. The largest absolute Gasteiger partial charge is 0.489 e. The first kappa shape index (κ1) is 24.5. The summed E-state index contributed by atoms with van der Waals surface area (Å²) in [6, 6.07) is 14.7. The Morgan fingerprint density at radius 3 is 2.59 bits per heavy atom. The standard InChI is InChI=1S/C26H32BrN3O4/c1-17(28-18(2)31)15-32-20-9-11-21(12-10-20)34-26-29-25-23(27)13-22(14-24(25)30(26)3)33-16-19-7-5-4-6-8-19/h4-8,13-14,17,20-21H,9-12,15-16H2,1-3H3,(H,28,31)/t17-,20?,21?/m0/s1. The molecule has 1 aromatic heterocycles. The molecule has 1 saturated carbocycles. The lowest BCUT2D eigenvalue weighted by atomic mass is 9.95. The maximum Gasteiger partial charge on any atom is 0.297 e. The second kappa shape index (κ2) is 11.2. The molecule has 7 nitrogen and oxygen atoms in total. The van der Waals surface area contributed by atoms with E-state index in [0.717, 1.165) is 52.5 Å². The molecule has 2 aromatic carbocycles. The summed E-state index contributed by atoms with van der Waals surface area (Å²) < 4.78 is 21.2. The molecule has 1 aliphatic rings. The molecule has 1 heterocycles. The minimum absolute atomic E-state index is 0.0199. The summed E-state index contributed by atoms with van der Waals surface area (Å²) in [6.45, 7) is 4.52. The molecule has 0 radical (unpaired) electrons. The SMILES string of the molecule is CC(=O)N[C@@H](C)COC1CCC(Oc2nc3c(Br)cc(OCc4ccccc4)cc3n2C)CC1. The Morgan fingerprint density at radius 1 is 1.18 bits per heavy atom. The molecule has 0 bridgehead atoms. The molecule has 0 unspecified atom stereocenters. The summed E-state index contributed by atoms with van der Waals surface area (Å²) in [5, 5.41) is 2.85. The van der Waals surface area contributed by atoms with Crippen LogP contribution in [0.2, 0.25) is 0 Å². The molecule has 0 aliphatic heterocycles. The van der Waals surface area contributed by atoms with Gasteiger partial charge in [0.2, 0.25) is 5.91 Å². The van der Waals surface area contributed by atoms with Crippen LogP contribution in [0.5, 0.6) is 11.8 Å². The highest BCUT2D eigenvalue weighted by Crippen LogP contribution is 2.33. The summed E-state index contributed by atoms with van der Waals surface area (Å²) in [7, 11) is 1.97. The van der Waals surface area contributed by atoms with Crippen molar-refractivity contribution in [2.45, 2.75) is 64.4 Å². The summed E-state index contributed by atoms with van der Waals surface area (Å²) in [5.74, 6) is 0.751. The Hall–Kier alpha value is -2.58. The fraction of sp³-hybridized carbons (Fsp3) is 0.462. The first-order chi connectivity index (χ1) is 16.4. The first-order valence-electron chi connectivity index (χ1n) is 11.8. The Bertz CT molecular complexity index is 1110. The van der Waals surface area contributed by atoms with Gasteiger partial charge in [0.25, 0.3) is 6.01 Å². The molecule has 182 valence electrons. The predicted molar refractivity (Wildman–Crippen MR) is 135 cm³/mol. The Labute approximate surface area is 208 Å². The van der Waals surface area contributed by atoms with Gasteiger partial charge in [-0.2, -0.15) is 4.98 Å². The summed E-state index contributed by atoms with van der Waals surface area (Å²) in [6.07, 6.45) is 4.00. The number of amides is 1. The van der Waals surface area contributed by atoms with Crippen LogP contribution < -0.4 is 14.8 Å². The predicted octanol–water partition coefficient (Wildman–Crippen LogP) is 5.15. The maximum absolute atomic E-state index is 11.1. The van der Waals surface area contributed by atoms with Crippen LogP contribution in [0, 0.1) is 0 Å². The number of aryl methyl sites for hydroxylation is 1. The van der Waals surface area contributed by atoms with Crippen LogP contribution in [0.3, 0.4) is 0 Å². The zero-order valence-electron chi connectivity index (χ0n) is 19.9. The number of aromatic nitrogens is 2. The van der Waals surface area contributed by atoms with Gasteiger partial charge >= 0.3 is 0 Å². The molecule has 1 atom stereocenters. The molecule has 4 rings (SSSR count). The lowest BCUT2D eigenvalue weighted by molar-refractivity contribution is -0.120. The van der Waals surface area contributed by atoms with Gasteiger partial charge in [-0.15, -0.1) is 0 Å². The van der Waals surface area contributed by atoms with Gasteiger partial charge in [-0.05, 0) is 60.2 Å². The fourth-order valence-corrected chi connectivity index (χ4v) is 4.78. The number of ether oxygens (including phenoxy) is 3. The van der Waals surface area contributed by atoms with Crippen molar-refractivity contribution in [1.29, 1.82) is 0 Å². The molecule has 0 spiro atoms. The third-order valence-electron chi connectivity index (χ3n) is 6.05. The van der Waals surface area contributed by atoms with Crippen molar-refractivity contribution in [3.05, 3.63) is 52.5 Å². The van der Waals surface area contributed by atoms with E-state index < -0.39 is 0 Å². The molecule has 34 heavy (non-hydrogen) atoms. The number of halogens is 1. The van der Waals surface area contributed by atoms with Crippen LogP contribution in [0.1, 0.15) is 45.1 Å². The number of carbonyl (C=O) groups excluding carboxylic acids is 1. The van der Waals surface area contributed by atoms with E-state index in [9.17, 15) is 4.79 Å². The van der Waals surface area contributed by atoms with Crippen LogP contribution in [0.4, 0.5) is 0 Å². The minimum atomic E-state index is -0.0304. The van der Waals surface area contributed by atoms with Crippen LogP contribution in [0.25, 0.3) is 11.0 Å². The van der Waals surface area contributed by atoms with E-state index in [1.807, 2.05) is 61.0 Å². The van der Waals surface area contributed by atoms with Gasteiger partial charge < -0.3 is 19.5 Å². The normalized spacial score (nSPS) is 19.1. The van der Waals surface area contributed by atoms with Crippen LogP contribution in [-0.2, 0) is 23.2 Å². The van der Waals surface area contributed by atoms with E-state index in [0.29, 0.717) is 19.2 Å². The zero-order chi connectivity index (χ0) is 24.1. The van der Waals surface area contributed by atoms with Crippen LogP contribution in [0.15, 0.2) is 46.9 Å². The molecule has 8 heteroatoms. The number of hydrogen-bond acceptors (Lipinski definition) is 5. The van der Waals surface area contributed by atoms with Crippen molar-refractivity contribution in [3.8, 4) is 11.8 Å². The first-order valence-corrected chi connectivity index (χ1v) is 12.6.